The predicted molar refractivity (Wildman–Crippen MR) is 70.8 cm³/mol. The number of aryl methyl sites for hydroxylation is 1. The van der Waals surface area contributed by atoms with E-state index in [0.717, 1.165) is 11.3 Å². The number of aliphatic hydroxyl groups excluding tert-OH is 1. The van der Waals surface area contributed by atoms with Crippen molar-refractivity contribution in [2.75, 3.05) is 5.75 Å². The van der Waals surface area contributed by atoms with Gasteiger partial charge in [-0.25, -0.2) is 4.39 Å². The third-order valence-electron chi connectivity index (χ3n) is 3.36. The topological polar surface area (TPSA) is 20.2 Å². The summed E-state index contributed by atoms with van der Waals surface area (Å²) in [5.41, 5.74) is 1.43. The fraction of sp³-hybridized carbons (Fsp3) is 0.571. The summed E-state index contributed by atoms with van der Waals surface area (Å²) in [5, 5.41) is 10.8. The normalized spacial score (nSPS) is 18.5. The third kappa shape index (κ3) is 3.46. The highest BCUT2D eigenvalue weighted by Gasteiger charge is 2.17. The van der Waals surface area contributed by atoms with Crippen molar-refractivity contribution >= 4 is 11.8 Å². The molecule has 1 saturated carbocycles. The van der Waals surface area contributed by atoms with Gasteiger partial charge in [0.2, 0.25) is 0 Å². The molecule has 0 heterocycles. The first-order valence-electron chi connectivity index (χ1n) is 6.22. The predicted octanol–water partition coefficient (Wildman–Crippen LogP) is 3.84. The number of thioether (sulfide) groups is 1. The molecule has 1 N–H and O–H groups in total. The highest BCUT2D eigenvalue weighted by atomic mass is 32.2. The van der Waals surface area contributed by atoms with Crippen LogP contribution in [-0.4, -0.2) is 16.1 Å². The Hall–Kier alpha value is -0.540. The second kappa shape index (κ2) is 5.87. The van der Waals surface area contributed by atoms with Crippen molar-refractivity contribution in [3.63, 3.8) is 0 Å². The summed E-state index contributed by atoms with van der Waals surface area (Å²) in [4.78, 5) is 0. The van der Waals surface area contributed by atoms with Crippen molar-refractivity contribution in [2.45, 2.75) is 44.0 Å². The van der Waals surface area contributed by atoms with E-state index >= 15 is 0 Å². The van der Waals surface area contributed by atoms with Crippen LogP contribution in [0.5, 0.6) is 0 Å². The van der Waals surface area contributed by atoms with Gasteiger partial charge >= 0.3 is 0 Å². The summed E-state index contributed by atoms with van der Waals surface area (Å²) in [6.45, 7) is 1.73. The molecule has 1 aliphatic rings. The Bertz CT molecular complexity index is 374. The van der Waals surface area contributed by atoms with Crippen LogP contribution in [0.25, 0.3) is 0 Å². The van der Waals surface area contributed by atoms with Crippen LogP contribution in [0.3, 0.4) is 0 Å². The molecule has 17 heavy (non-hydrogen) atoms. The van der Waals surface area contributed by atoms with Gasteiger partial charge in [-0.15, -0.1) is 0 Å². The van der Waals surface area contributed by atoms with Crippen molar-refractivity contribution in [2.24, 2.45) is 0 Å². The van der Waals surface area contributed by atoms with E-state index in [1.807, 2.05) is 11.8 Å². The Kier molecular flexibility index (Phi) is 4.46. The smallest absolute Gasteiger partial charge is 0.126 e. The molecule has 1 aliphatic carbocycles. The van der Waals surface area contributed by atoms with Gasteiger partial charge in [0.05, 0.1) is 6.10 Å². The zero-order valence-electron chi connectivity index (χ0n) is 10.2. The van der Waals surface area contributed by atoms with Gasteiger partial charge in [-0.1, -0.05) is 25.0 Å². The molecule has 0 radical (unpaired) electrons. The van der Waals surface area contributed by atoms with Crippen LogP contribution in [0.15, 0.2) is 18.2 Å². The number of aliphatic hydroxyl groups is 1. The Labute approximate surface area is 106 Å². The van der Waals surface area contributed by atoms with Crippen LogP contribution in [0.4, 0.5) is 4.39 Å². The minimum absolute atomic E-state index is 0.204. The maximum atomic E-state index is 13.1. The SMILES string of the molecule is Cc1cc(C(O)CSC2CCCC2)ccc1F. The fourth-order valence-corrected chi connectivity index (χ4v) is 3.57. The molecule has 0 spiro atoms. The fourth-order valence-electron chi connectivity index (χ4n) is 2.25. The second-order valence-corrected chi connectivity index (χ2v) is 6.10. The number of hydrogen-bond donors (Lipinski definition) is 1. The highest BCUT2D eigenvalue weighted by Crippen LogP contribution is 2.32. The molecule has 1 unspecified atom stereocenters. The number of halogens is 1. The van der Waals surface area contributed by atoms with Crippen molar-refractivity contribution in [3.05, 3.63) is 35.1 Å². The second-order valence-electron chi connectivity index (χ2n) is 4.76. The lowest BCUT2D eigenvalue weighted by Crippen LogP contribution is -2.05. The summed E-state index contributed by atoms with van der Waals surface area (Å²) in [7, 11) is 0. The Morgan fingerprint density at radius 1 is 1.41 bits per heavy atom. The minimum Gasteiger partial charge on any atom is -0.388 e. The first-order valence-corrected chi connectivity index (χ1v) is 7.27. The van der Waals surface area contributed by atoms with Gasteiger partial charge in [-0.3, -0.25) is 0 Å². The largest absolute Gasteiger partial charge is 0.388 e. The molecule has 1 nitrogen and oxygen atoms in total. The molecule has 0 saturated heterocycles. The molecule has 0 amide bonds. The molecule has 1 aromatic rings. The first-order chi connectivity index (χ1) is 8.16. The minimum atomic E-state index is -0.472. The van der Waals surface area contributed by atoms with E-state index < -0.39 is 6.10 Å². The van der Waals surface area contributed by atoms with Crippen LogP contribution in [-0.2, 0) is 0 Å². The summed E-state index contributed by atoms with van der Waals surface area (Å²) >= 11 is 1.85. The third-order valence-corrected chi connectivity index (χ3v) is 4.81. The van der Waals surface area contributed by atoms with Gasteiger partial charge in [0.25, 0.3) is 0 Å². The van der Waals surface area contributed by atoms with E-state index in [9.17, 15) is 9.50 Å². The standard InChI is InChI=1S/C14H19FOS/c1-10-8-11(6-7-13(10)15)14(16)9-17-12-4-2-3-5-12/h6-8,12,14,16H,2-5,9H2,1H3. The molecule has 1 fully saturated rings. The van der Waals surface area contributed by atoms with Gasteiger partial charge in [0, 0.05) is 11.0 Å². The van der Waals surface area contributed by atoms with Crippen LogP contribution in [0.1, 0.15) is 42.9 Å². The van der Waals surface area contributed by atoms with E-state index in [4.69, 9.17) is 0 Å². The Morgan fingerprint density at radius 2 is 2.12 bits per heavy atom. The zero-order valence-corrected chi connectivity index (χ0v) is 11.0. The maximum Gasteiger partial charge on any atom is 0.126 e. The molecular weight excluding hydrogens is 235 g/mol. The quantitative estimate of drug-likeness (QED) is 0.881. The monoisotopic (exact) mass is 254 g/mol. The van der Waals surface area contributed by atoms with Crippen LogP contribution >= 0.6 is 11.8 Å². The molecule has 3 heteroatoms. The van der Waals surface area contributed by atoms with Crippen molar-refractivity contribution in [1.29, 1.82) is 0 Å². The Balaban J connectivity index is 1.89. The van der Waals surface area contributed by atoms with E-state index in [1.54, 1.807) is 19.1 Å². The molecule has 1 atom stereocenters. The number of rotatable bonds is 4. The molecule has 2 rings (SSSR count). The number of hydrogen-bond acceptors (Lipinski definition) is 2. The van der Waals surface area contributed by atoms with Gasteiger partial charge in [-0.2, -0.15) is 11.8 Å². The molecule has 94 valence electrons. The first kappa shape index (κ1) is 12.9. The lowest BCUT2D eigenvalue weighted by atomic mass is 10.1. The van der Waals surface area contributed by atoms with Crippen LogP contribution < -0.4 is 0 Å². The molecule has 0 bridgehead atoms. The van der Waals surface area contributed by atoms with Gasteiger partial charge in [0.1, 0.15) is 5.82 Å². The lowest BCUT2D eigenvalue weighted by molar-refractivity contribution is 0.204. The summed E-state index contributed by atoms with van der Waals surface area (Å²) < 4.78 is 13.1. The van der Waals surface area contributed by atoms with E-state index in [-0.39, 0.29) is 5.82 Å². The average Bonchev–Trinajstić information content (AvgIpc) is 2.82. The molecule has 0 aliphatic heterocycles. The van der Waals surface area contributed by atoms with E-state index in [0.29, 0.717) is 10.8 Å². The van der Waals surface area contributed by atoms with Gasteiger partial charge in [0.15, 0.2) is 0 Å². The lowest BCUT2D eigenvalue weighted by Gasteiger charge is -2.14. The van der Waals surface area contributed by atoms with Gasteiger partial charge < -0.3 is 5.11 Å². The summed E-state index contributed by atoms with van der Waals surface area (Å²) in [5.74, 6) is 0.514. The Morgan fingerprint density at radius 3 is 2.76 bits per heavy atom. The number of benzene rings is 1. The molecular formula is C14H19FOS. The zero-order chi connectivity index (χ0) is 12.3. The highest BCUT2D eigenvalue weighted by molar-refractivity contribution is 7.99. The van der Waals surface area contributed by atoms with Gasteiger partial charge in [-0.05, 0) is 37.0 Å². The summed E-state index contributed by atoms with van der Waals surface area (Å²) in [6, 6.07) is 4.87. The van der Waals surface area contributed by atoms with Crippen LogP contribution in [0.2, 0.25) is 0 Å². The van der Waals surface area contributed by atoms with E-state index in [1.165, 1.54) is 31.7 Å². The van der Waals surface area contributed by atoms with Crippen molar-refractivity contribution < 1.29 is 9.50 Å². The van der Waals surface area contributed by atoms with Crippen molar-refractivity contribution in [1.82, 2.24) is 0 Å². The molecule has 1 aromatic carbocycles. The molecule has 0 aromatic heterocycles. The average molecular weight is 254 g/mol. The van der Waals surface area contributed by atoms with E-state index in [2.05, 4.69) is 0 Å². The van der Waals surface area contributed by atoms with Crippen LogP contribution in [0, 0.1) is 12.7 Å². The summed E-state index contributed by atoms with van der Waals surface area (Å²) in [6.07, 6.45) is 4.73. The maximum absolute atomic E-state index is 13.1. The van der Waals surface area contributed by atoms with Crippen molar-refractivity contribution in [3.8, 4) is 0 Å².